The maximum absolute atomic E-state index is 12.0. The zero-order chi connectivity index (χ0) is 13.3. The monoisotopic (exact) mass is 247 g/mol. The minimum absolute atomic E-state index is 0.153. The number of ether oxygens (including phenoxy) is 1. The summed E-state index contributed by atoms with van der Waals surface area (Å²) < 4.78 is 6.57. The van der Waals surface area contributed by atoms with Gasteiger partial charge in [0, 0.05) is 12.4 Å². The second-order valence-corrected chi connectivity index (χ2v) is 3.83. The van der Waals surface area contributed by atoms with Crippen LogP contribution in [0.4, 0.5) is 0 Å². The summed E-state index contributed by atoms with van der Waals surface area (Å²) >= 11 is 0. The molecule has 2 rings (SSSR count). The van der Waals surface area contributed by atoms with E-state index in [1.807, 2.05) is 0 Å². The SMILES string of the molecule is COc1ccc2c(c1)cc(/C(N)=N/O)c(=O)n2C. The molecule has 0 radical (unpaired) electrons. The van der Waals surface area contributed by atoms with E-state index in [1.165, 1.54) is 4.57 Å². The molecule has 1 aromatic carbocycles. The molecule has 0 aliphatic carbocycles. The molecule has 6 heteroatoms. The third-order valence-corrected chi connectivity index (χ3v) is 2.81. The molecule has 0 fully saturated rings. The summed E-state index contributed by atoms with van der Waals surface area (Å²) in [5.41, 5.74) is 6.06. The van der Waals surface area contributed by atoms with Crippen LogP contribution in [0.5, 0.6) is 5.75 Å². The minimum Gasteiger partial charge on any atom is -0.497 e. The predicted octanol–water partition coefficient (Wildman–Crippen LogP) is 0.642. The molecule has 1 aromatic heterocycles. The summed E-state index contributed by atoms with van der Waals surface area (Å²) in [5.74, 6) is 0.465. The van der Waals surface area contributed by atoms with E-state index in [0.29, 0.717) is 5.75 Å². The molecule has 94 valence electrons. The largest absolute Gasteiger partial charge is 0.497 e. The highest BCUT2D eigenvalue weighted by Gasteiger charge is 2.10. The number of hydrogen-bond donors (Lipinski definition) is 2. The first-order chi connectivity index (χ1) is 8.58. The summed E-state index contributed by atoms with van der Waals surface area (Å²) in [6.07, 6.45) is 0. The Hall–Kier alpha value is -2.50. The smallest absolute Gasteiger partial charge is 0.261 e. The quantitative estimate of drug-likeness (QED) is 0.353. The van der Waals surface area contributed by atoms with Crippen molar-refractivity contribution in [3.05, 3.63) is 40.2 Å². The van der Waals surface area contributed by atoms with E-state index in [-0.39, 0.29) is 17.0 Å². The summed E-state index contributed by atoms with van der Waals surface area (Å²) in [6.45, 7) is 0. The normalized spacial score (nSPS) is 11.8. The van der Waals surface area contributed by atoms with Gasteiger partial charge in [0.15, 0.2) is 5.84 Å². The summed E-state index contributed by atoms with van der Waals surface area (Å²) in [4.78, 5) is 12.0. The maximum atomic E-state index is 12.0. The first-order valence-corrected chi connectivity index (χ1v) is 5.24. The van der Waals surface area contributed by atoms with Gasteiger partial charge in [0.25, 0.3) is 5.56 Å². The number of benzene rings is 1. The molecule has 0 spiro atoms. The van der Waals surface area contributed by atoms with Gasteiger partial charge >= 0.3 is 0 Å². The lowest BCUT2D eigenvalue weighted by Crippen LogP contribution is -2.28. The van der Waals surface area contributed by atoms with E-state index < -0.39 is 0 Å². The number of oxime groups is 1. The molecule has 0 unspecified atom stereocenters. The topological polar surface area (TPSA) is 89.8 Å². The number of pyridine rings is 1. The van der Waals surface area contributed by atoms with Crippen LogP contribution in [0, 0.1) is 0 Å². The summed E-state index contributed by atoms with van der Waals surface area (Å²) in [7, 11) is 3.19. The van der Waals surface area contributed by atoms with Crippen LogP contribution in [-0.4, -0.2) is 22.7 Å². The van der Waals surface area contributed by atoms with Gasteiger partial charge in [0.2, 0.25) is 0 Å². The highest BCUT2D eigenvalue weighted by Crippen LogP contribution is 2.19. The molecule has 0 saturated carbocycles. The van der Waals surface area contributed by atoms with Crippen LogP contribution in [0.25, 0.3) is 10.9 Å². The molecule has 0 atom stereocenters. The standard InChI is InChI=1S/C12H13N3O3/c1-15-10-4-3-8(18-2)5-7(10)6-9(12(15)16)11(13)14-17/h3-6,17H,1-2H3,(H2,13,14). The van der Waals surface area contributed by atoms with Crippen LogP contribution in [0.15, 0.2) is 34.2 Å². The number of nitrogens with zero attached hydrogens (tertiary/aromatic N) is 2. The van der Waals surface area contributed by atoms with E-state index in [2.05, 4.69) is 5.16 Å². The Morgan fingerprint density at radius 1 is 1.44 bits per heavy atom. The van der Waals surface area contributed by atoms with Gasteiger partial charge in [-0.25, -0.2) is 0 Å². The van der Waals surface area contributed by atoms with Crippen LogP contribution in [0.2, 0.25) is 0 Å². The maximum Gasteiger partial charge on any atom is 0.261 e. The molecule has 0 bridgehead atoms. The predicted molar refractivity (Wildman–Crippen MR) is 68.3 cm³/mol. The average Bonchev–Trinajstić information content (AvgIpc) is 2.41. The van der Waals surface area contributed by atoms with Gasteiger partial charge < -0.3 is 20.2 Å². The van der Waals surface area contributed by atoms with Gasteiger partial charge in [0.05, 0.1) is 18.2 Å². The number of aryl methyl sites for hydroxylation is 1. The average molecular weight is 247 g/mol. The van der Waals surface area contributed by atoms with Crippen molar-refractivity contribution in [3.8, 4) is 5.75 Å². The molecule has 3 N–H and O–H groups in total. The zero-order valence-corrected chi connectivity index (χ0v) is 10.0. The Morgan fingerprint density at radius 2 is 2.17 bits per heavy atom. The number of amidine groups is 1. The molecule has 1 heterocycles. The molecule has 0 amide bonds. The fraction of sp³-hybridized carbons (Fsp3) is 0.167. The lowest BCUT2D eigenvalue weighted by atomic mass is 10.1. The van der Waals surface area contributed by atoms with Crippen LogP contribution >= 0.6 is 0 Å². The molecule has 18 heavy (non-hydrogen) atoms. The fourth-order valence-corrected chi connectivity index (χ4v) is 1.83. The van der Waals surface area contributed by atoms with E-state index in [1.54, 1.807) is 38.4 Å². The summed E-state index contributed by atoms with van der Waals surface area (Å²) in [5, 5.41) is 12.3. The molecule has 2 aromatic rings. The number of aromatic nitrogens is 1. The van der Waals surface area contributed by atoms with Gasteiger partial charge in [-0.2, -0.15) is 0 Å². The number of methoxy groups -OCH3 is 1. The molecule has 0 aliphatic rings. The summed E-state index contributed by atoms with van der Waals surface area (Å²) in [6, 6.07) is 6.91. The van der Waals surface area contributed by atoms with Crippen molar-refractivity contribution in [2.75, 3.05) is 7.11 Å². The van der Waals surface area contributed by atoms with Crippen molar-refractivity contribution in [1.82, 2.24) is 4.57 Å². The highest BCUT2D eigenvalue weighted by molar-refractivity contribution is 5.99. The van der Waals surface area contributed by atoms with Gasteiger partial charge in [-0.3, -0.25) is 4.79 Å². The van der Waals surface area contributed by atoms with Crippen LogP contribution in [-0.2, 0) is 7.05 Å². The van der Waals surface area contributed by atoms with Gasteiger partial charge in [0.1, 0.15) is 5.75 Å². The van der Waals surface area contributed by atoms with Crippen molar-refractivity contribution >= 4 is 16.7 Å². The molecular formula is C12H13N3O3. The first-order valence-electron chi connectivity index (χ1n) is 5.24. The van der Waals surface area contributed by atoms with Crippen molar-refractivity contribution in [2.45, 2.75) is 0 Å². The highest BCUT2D eigenvalue weighted by atomic mass is 16.5. The van der Waals surface area contributed by atoms with Crippen LogP contribution < -0.4 is 16.0 Å². The molecule has 6 nitrogen and oxygen atoms in total. The number of hydrogen-bond acceptors (Lipinski definition) is 4. The number of nitrogens with two attached hydrogens (primary N) is 1. The first kappa shape index (κ1) is 12.0. The van der Waals surface area contributed by atoms with Crippen molar-refractivity contribution in [1.29, 1.82) is 0 Å². The van der Waals surface area contributed by atoms with Gasteiger partial charge in [-0.1, -0.05) is 5.16 Å². The molecular weight excluding hydrogens is 234 g/mol. The lowest BCUT2D eigenvalue weighted by Gasteiger charge is -2.09. The number of fused-ring (bicyclic) bond motifs is 1. The van der Waals surface area contributed by atoms with Gasteiger partial charge in [-0.15, -0.1) is 0 Å². The Morgan fingerprint density at radius 3 is 2.78 bits per heavy atom. The van der Waals surface area contributed by atoms with Crippen LogP contribution in [0.3, 0.4) is 0 Å². The minimum atomic E-state index is -0.317. The number of rotatable bonds is 2. The van der Waals surface area contributed by atoms with Crippen LogP contribution in [0.1, 0.15) is 5.56 Å². The second-order valence-electron chi connectivity index (χ2n) is 3.83. The van der Waals surface area contributed by atoms with Crippen molar-refractivity contribution < 1.29 is 9.94 Å². The Kier molecular flexibility index (Phi) is 2.93. The van der Waals surface area contributed by atoms with E-state index >= 15 is 0 Å². The Labute approximate surface area is 103 Å². The third kappa shape index (κ3) is 1.77. The molecule has 0 aliphatic heterocycles. The molecule has 0 saturated heterocycles. The van der Waals surface area contributed by atoms with Crippen molar-refractivity contribution in [3.63, 3.8) is 0 Å². The van der Waals surface area contributed by atoms with E-state index in [9.17, 15) is 4.79 Å². The lowest BCUT2D eigenvalue weighted by molar-refractivity contribution is 0.318. The Balaban J connectivity index is 2.84. The third-order valence-electron chi connectivity index (χ3n) is 2.81. The van der Waals surface area contributed by atoms with E-state index in [4.69, 9.17) is 15.7 Å². The van der Waals surface area contributed by atoms with Crippen molar-refractivity contribution in [2.24, 2.45) is 17.9 Å². The second kappa shape index (κ2) is 4.40. The van der Waals surface area contributed by atoms with E-state index in [0.717, 1.165) is 10.9 Å². The fourth-order valence-electron chi connectivity index (χ4n) is 1.83. The van der Waals surface area contributed by atoms with Gasteiger partial charge in [-0.05, 0) is 24.3 Å². The zero-order valence-electron chi connectivity index (χ0n) is 10.0. The Bertz CT molecular complexity index is 689.